The summed E-state index contributed by atoms with van der Waals surface area (Å²) in [6.45, 7) is 4.01. The standard InChI is InChI=1S/C12H22O/c1-3-4-5-6-7-8-9-10-11-12(2)13/h6-7,9-10,12-13H,3-5,8,11H2,1-2H3/b7-6+,10-9+. The maximum Gasteiger partial charge on any atom is 0.0546 e. The Morgan fingerprint density at radius 1 is 1.15 bits per heavy atom. The van der Waals surface area contributed by atoms with Crippen LogP contribution in [0.3, 0.4) is 0 Å². The zero-order chi connectivity index (χ0) is 9.94. The number of unbranched alkanes of at least 4 members (excludes halogenated alkanes) is 2. The van der Waals surface area contributed by atoms with E-state index in [-0.39, 0.29) is 6.10 Å². The molecular formula is C12H22O. The van der Waals surface area contributed by atoms with Crippen molar-refractivity contribution in [1.29, 1.82) is 0 Å². The van der Waals surface area contributed by atoms with Crippen molar-refractivity contribution in [2.24, 2.45) is 0 Å². The lowest BCUT2D eigenvalue weighted by Gasteiger charge is -1.94. The molecule has 0 aromatic rings. The predicted octanol–water partition coefficient (Wildman–Crippen LogP) is 3.45. The summed E-state index contributed by atoms with van der Waals surface area (Å²) >= 11 is 0. The fraction of sp³-hybridized carbons (Fsp3) is 0.667. The second-order valence-corrected chi connectivity index (χ2v) is 3.41. The molecular weight excluding hydrogens is 160 g/mol. The van der Waals surface area contributed by atoms with E-state index in [1.165, 1.54) is 19.3 Å². The first-order valence-corrected chi connectivity index (χ1v) is 5.25. The van der Waals surface area contributed by atoms with Crippen LogP contribution < -0.4 is 0 Å². The highest BCUT2D eigenvalue weighted by atomic mass is 16.3. The Labute approximate surface area is 82.2 Å². The minimum atomic E-state index is -0.208. The first-order valence-electron chi connectivity index (χ1n) is 5.25. The van der Waals surface area contributed by atoms with Crippen LogP contribution in [0.4, 0.5) is 0 Å². The molecule has 0 aliphatic rings. The molecule has 0 radical (unpaired) electrons. The van der Waals surface area contributed by atoms with Crippen LogP contribution in [0.5, 0.6) is 0 Å². The molecule has 1 heteroatoms. The molecule has 0 aliphatic heterocycles. The molecule has 76 valence electrons. The van der Waals surface area contributed by atoms with Gasteiger partial charge in [-0.3, -0.25) is 0 Å². The van der Waals surface area contributed by atoms with Crippen molar-refractivity contribution in [3.8, 4) is 0 Å². The van der Waals surface area contributed by atoms with Crippen molar-refractivity contribution in [3.05, 3.63) is 24.3 Å². The van der Waals surface area contributed by atoms with Gasteiger partial charge >= 0.3 is 0 Å². The second-order valence-electron chi connectivity index (χ2n) is 3.41. The Morgan fingerprint density at radius 2 is 1.85 bits per heavy atom. The molecule has 0 aliphatic carbocycles. The van der Waals surface area contributed by atoms with E-state index >= 15 is 0 Å². The molecule has 1 N–H and O–H groups in total. The van der Waals surface area contributed by atoms with Crippen molar-refractivity contribution in [2.75, 3.05) is 0 Å². The van der Waals surface area contributed by atoms with E-state index in [4.69, 9.17) is 5.11 Å². The van der Waals surface area contributed by atoms with E-state index in [1.54, 1.807) is 6.92 Å². The summed E-state index contributed by atoms with van der Waals surface area (Å²) in [5.41, 5.74) is 0. The van der Waals surface area contributed by atoms with Crippen molar-refractivity contribution in [2.45, 2.75) is 52.1 Å². The van der Waals surface area contributed by atoms with Crippen LogP contribution in [0.1, 0.15) is 46.0 Å². The van der Waals surface area contributed by atoms with Crippen molar-refractivity contribution in [3.63, 3.8) is 0 Å². The fourth-order valence-electron chi connectivity index (χ4n) is 1.00. The quantitative estimate of drug-likeness (QED) is 0.472. The van der Waals surface area contributed by atoms with E-state index < -0.39 is 0 Å². The second kappa shape index (κ2) is 9.53. The van der Waals surface area contributed by atoms with Gasteiger partial charge in [-0.2, -0.15) is 0 Å². The molecule has 0 rings (SSSR count). The van der Waals surface area contributed by atoms with Gasteiger partial charge in [0.1, 0.15) is 0 Å². The molecule has 0 heterocycles. The molecule has 0 aromatic carbocycles. The van der Waals surface area contributed by atoms with Gasteiger partial charge in [0.2, 0.25) is 0 Å². The first kappa shape index (κ1) is 12.4. The van der Waals surface area contributed by atoms with Gasteiger partial charge in [0.05, 0.1) is 6.10 Å². The van der Waals surface area contributed by atoms with Crippen LogP contribution in [0.15, 0.2) is 24.3 Å². The van der Waals surface area contributed by atoms with Crippen molar-refractivity contribution in [1.82, 2.24) is 0 Å². The van der Waals surface area contributed by atoms with Crippen molar-refractivity contribution < 1.29 is 5.11 Å². The average molecular weight is 182 g/mol. The lowest BCUT2D eigenvalue weighted by Crippen LogP contribution is -1.94. The molecule has 0 fully saturated rings. The smallest absolute Gasteiger partial charge is 0.0546 e. The summed E-state index contributed by atoms with van der Waals surface area (Å²) < 4.78 is 0. The zero-order valence-corrected chi connectivity index (χ0v) is 8.87. The Bertz CT molecular complexity index is 145. The van der Waals surface area contributed by atoms with Gasteiger partial charge in [0.15, 0.2) is 0 Å². The van der Waals surface area contributed by atoms with E-state index in [0.717, 1.165) is 12.8 Å². The third kappa shape index (κ3) is 11.4. The van der Waals surface area contributed by atoms with Gasteiger partial charge < -0.3 is 5.11 Å². The number of hydrogen-bond acceptors (Lipinski definition) is 1. The lowest BCUT2D eigenvalue weighted by atomic mass is 10.2. The van der Waals surface area contributed by atoms with Gasteiger partial charge in [-0.05, 0) is 26.2 Å². The number of aliphatic hydroxyl groups is 1. The van der Waals surface area contributed by atoms with Gasteiger partial charge in [-0.25, -0.2) is 0 Å². The van der Waals surface area contributed by atoms with Crippen LogP contribution in [0.25, 0.3) is 0 Å². The summed E-state index contributed by atoms with van der Waals surface area (Å²) in [5, 5.41) is 8.96. The Hall–Kier alpha value is -0.560. The number of hydrogen-bond donors (Lipinski definition) is 1. The summed E-state index contributed by atoms with van der Waals surface area (Å²) in [4.78, 5) is 0. The highest BCUT2D eigenvalue weighted by Crippen LogP contribution is 1.97. The monoisotopic (exact) mass is 182 g/mol. The van der Waals surface area contributed by atoms with E-state index in [9.17, 15) is 0 Å². The Morgan fingerprint density at radius 3 is 2.46 bits per heavy atom. The van der Waals surface area contributed by atoms with Gasteiger partial charge in [0, 0.05) is 0 Å². The highest BCUT2D eigenvalue weighted by Gasteiger charge is 1.87. The molecule has 0 bridgehead atoms. The molecule has 13 heavy (non-hydrogen) atoms. The Kier molecular flexibility index (Phi) is 9.12. The molecule has 1 atom stereocenters. The van der Waals surface area contributed by atoms with E-state index in [2.05, 4.69) is 25.2 Å². The van der Waals surface area contributed by atoms with Gasteiger partial charge in [-0.15, -0.1) is 0 Å². The third-order valence-electron chi connectivity index (χ3n) is 1.81. The average Bonchev–Trinajstić information content (AvgIpc) is 2.09. The van der Waals surface area contributed by atoms with Crippen LogP contribution in [0, 0.1) is 0 Å². The van der Waals surface area contributed by atoms with E-state index in [1.807, 2.05) is 6.08 Å². The largest absolute Gasteiger partial charge is 0.393 e. The summed E-state index contributed by atoms with van der Waals surface area (Å²) in [5.74, 6) is 0. The molecule has 1 nitrogen and oxygen atoms in total. The van der Waals surface area contributed by atoms with Crippen LogP contribution in [-0.4, -0.2) is 11.2 Å². The number of rotatable bonds is 7. The lowest BCUT2D eigenvalue weighted by molar-refractivity contribution is 0.198. The minimum absolute atomic E-state index is 0.208. The molecule has 0 spiro atoms. The summed E-state index contributed by atoms with van der Waals surface area (Å²) in [6.07, 6.45) is 13.9. The highest BCUT2D eigenvalue weighted by molar-refractivity contribution is 4.93. The fourth-order valence-corrected chi connectivity index (χ4v) is 1.00. The number of aliphatic hydroxyl groups excluding tert-OH is 1. The van der Waals surface area contributed by atoms with Crippen molar-refractivity contribution >= 4 is 0 Å². The summed E-state index contributed by atoms with van der Waals surface area (Å²) in [6, 6.07) is 0. The molecule has 0 amide bonds. The maximum absolute atomic E-state index is 8.96. The maximum atomic E-state index is 8.96. The topological polar surface area (TPSA) is 20.2 Å². The SMILES string of the molecule is CCCC/C=C/C/C=C/CC(C)O. The zero-order valence-electron chi connectivity index (χ0n) is 8.87. The van der Waals surface area contributed by atoms with Gasteiger partial charge in [0.25, 0.3) is 0 Å². The molecule has 1 unspecified atom stereocenters. The first-order chi connectivity index (χ1) is 6.27. The normalized spacial score (nSPS) is 14.4. The Balaban J connectivity index is 3.23. The molecule has 0 saturated heterocycles. The van der Waals surface area contributed by atoms with Crippen LogP contribution >= 0.6 is 0 Å². The molecule has 0 aromatic heterocycles. The van der Waals surface area contributed by atoms with Crippen LogP contribution in [0.2, 0.25) is 0 Å². The minimum Gasteiger partial charge on any atom is -0.393 e. The molecule has 0 saturated carbocycles. The predicted molar refractivity (Wildman–Crippen MR) is 58.7 cm³/mol. The number of allylic oxidation sites excluding steroid dienone is 3. The van der Waals surface area contributed by atoms with Crippen LogP contribution in [-0.2, 0) is 0 Å². The third-order valence-corrected chi connectivity index (χ3v) is 1.81. The van der Waals surface area contributed by atoms with E-state index in [0.29, 0.717) is 0 Å². The summed E-state index contributed by atoms with van der Waals surface area (Å²) in [7, 11) is 0. The van der Waals surface area contributed by atoms with Gasteiger partial charge in [-0.1, -0.05) is 44.1 Å².